The highest BCUT2D eigenvalue weighted by Gasteiger charge is 2.25. The molecular weight excluding hydrogens is 466 g/mol. The van der Waals surface area contributed by atoms with Crippen LogP contribution in [-0.4, -0.2) is 39.1 Å². The molecule has 0 aliphatic heterocycles. The average molecular weight is 496 g/mol. The van der Waals surface area contributed by atoms with E-state index in [1.54, 1.807) is 72.8 Å². The number of ether oxygens (including phenoxy) is 1. The molecule has 1 unspecified atom stereocenters. The Balaban J connectivity index is 1.85. The lowest BCUT2D eigenvalue weighted by Gasteiger charge is -2.24. The maximum atomic E-state index is 13.0. The first-order valence-corrected chi connectivity index (χ1v) is 13.0. The first kappa shape index (κ1) is 25.8. The third-order valence-electron chi connectivity index (χ3n) is 5.23. The zero-order valence-electron chi connectivity index (χ0n) is 19.9. The molecule has 0 heterocycles. The molecule has 184 valence electrons. The summed E-state index contributed by atoms with van der Waals surface area (Å²) >= 11 is 0. The van der Waals surface area contributed by atoms with Crippen molar-refractivity contribution in [2.45, 2.75) is 26.3 Å². The van der Waals surface area contributed by atoms with Gasteiger partial charge >= 0.3 is 0 Å². The summed E-state index contributed by atoms with van der Waals surface area (Å²) in [5.41, 5.74) is 0.803. The van der Waals surface area contributed by atoms with Gasteiger partial charge in [-0.15, -0.1) is 0 Å². The van der Waals surface area contributed by atoms with Crippen LogP contribution in [0.3, 0.4) is 0 Å². The summed E-state index contributed by atoms with van der Waals surface area (Å²) in [6, 6.07) is 22.1. The topological polar surface area (TPSA) is 105 Å². The number of para-hydroxylation sites is 4. The molecule has 9 heteroatoms. The highest BCUT2D eigenvalue weighted by atomic mass is 32.2. The molecule has 0 saturated heterocycles. The Labute approximate surface area is 206 Å². The van der Waals surface area contributed by atoms with Crippen LogP contribution >= 0.6 is 0 Å². The number of anilines is 2. The van der Waals surface area contributed by atoms with Crippen LogP contribution < -0.4 is 19.7 Å². The number of nitrogens with one attached hydrogen (secondary N) is 2. The number of nitrogens with zero attached hydrogens (tertiary/aromatic N) is 1. The predicted molar refractivity (Wildman–Crippen MR) is 137 cm³/mol. The maximum Gasteiger partial charge on any atom is 0.253 e. The molecule has 0 saturated carbocycles. The molecule has 0 aliphatic carbocycles. The van der Waals surface area contributed by atoms with Crippen LogP contribution in [0.4, 0.5) is 11.4 Å². The SMILES string of the molecule is CCC(C)NC(=O)c1ccccc1NC(=O)CN(c1ccccc1Oc1ccccc1)S(C)(=O)=O. The minimum Gasteiger partial charge on any atom is -0.455 e. The second-order valence-corrected chi connectivity index (χ2v) is 9.94. The zero-order valence-corrected chi connectivity index (χ0v) is 20.7. The number of benzene rings is 3. The fourth-order valence-corrected chi connectivity index (χ4v) is 4.12. The van der Waals surface area contributed by atoms with Crippen LogP contribution in [0.5, 0.6) is 11.5 Å². The van der Waals surface area contributed by atoms with E-state index in [2.05, 4.69) is 10.6 Å². The monoisotopic (exact) mass is 495 g/mol. The Bertz CT molecular complexity index is 1280. The summed E-state index contributed by atoms with van der Waals surface area (Å²) in [6.45, 7) is 3.34. The van der Waals surface area contributed by atoms with E-state index >= 15 is 0 Å². The Morgan fingerprint density at radius 3 is 2.26 bits per heavy atom. The quantitative estimate of drug-likeness (QED) is 0.433. The van der Waals surface area contributed by atoms with Crippen LogP contribution in [0, 0.1) is 0 Å². The first-order valence-electron chi connectivity index (χ1n) is 11.2. The van der Waals surface area contributed by atoms with E-state index in [9.17, 15) is 18.0 Å². The minimum absolute atomic E-state index is 0.0342. The average Bonchev–Trinajstić information content (AvgIpc) is 2.83. The van der Waals surface area contributed by atoms with Crippen molar-refractivity contribution in [1.82, 2.24) is 5.32 Å². The third kappa shape index (κ3) is 7.07. The molecular formula is C26H29N3O5S. The van der Waals surface area contributed by atoms with Gasteiger partial charge in [0.05, 0.1) is 23.2 Å². The van der Waals surface area contributed by atoms with Crippen molar-refractivity contribution >= 4 is 33.2 Å². The number of hydrogen-bond donors (Lipinski definition) is 2. The zero-order chi connectivity index (χ0) is 25.4. The Morgan fingerprint density at radius 1 is 0.943 bits per heavy atom. The summed E-state index contributed by atoms with van der Waals surface area (Å²) in [6.07, 6.45) is 1.78. The van der Waals surface area contributed by atoms with Crippen molar-refractivity contribution in [1.29, 1.82) is 0 Å². The molecule has 0 aliphatic rings. The van der Waals surface area contributed by atoms with E-state index in [0.29, 0.717) is 17.0 Å². The molecule has 0 bridgehead atoms. The minimum atomic E-state index is -3.85. The summed E-state index contributed by atoms with van der Waals surface area (Å²) in [5, 5.41) is 5.55. The van der Waals surface area contributed by atoms with Gasteiger partial charge in [0, 0.05) is 6.04 Å². The van der Waals surface area contributed by atoms with Crippen molar-refractivity contribution in [3.8, 4) is 11.5 Å². The van der Waals surface area contributed by atoms with Gasteiger partial charge in [0.1, 0.15) is 12.3 Å². The summed E-state index contributed by atoms with van der Waals surface area (Å²) in [7, 11) is -3.85. The second-order valence-electron chi connectivity index (χ2n) is 8.03. The van der Waals surface area contributed by atoms with E-state index in [1.807, 2.05) is 19.9 Å². The lowest BCUT2D eigenvalue weighted by Crippen LogP contribution is -2.38. The molecule has 3 aromatic rings. The van der Waals surface area contributed by atoms with Gasteiger partial charge in [0.2, 0.25) is 15.9 Å². The molecule has 35 heavy (non-hydrogen) atoms. The molecule has 3 rings (SSSR count). The van der Waals surface area contributed by atoms with Gasteiger partial charge in [0.15, 0.2) is 5.75 Å². The fraction of sp³-hybridized carbons (Fsp3) is 0.231. The highest BCUT2D eigenvalue weighted by Crippen LogP contribution is 2.33. The Hall–Kier alpha value is -3.85. The standard InChI is InChI=1S/C26H29N3O5S/c1-4-19(2)27-26(31)21-14-8-9-15-22(21)28-25(30)18-29(35(3,32)33)23-16-10-11-17-24(23)34-20-12-6-5-7-13-20/h5-17,19H,4,18H2,1-3H3,(H,27,31)(H,28,30). The molecule has 0 spiro atoms. The van der Waals surface area contributed by atoms with Crippen molar-refractivity contribution in [3.63, 3.8) is 0 Å². The van der Waals surface area contributed by atoms with E-state index in [0.717, 1.165) is 17.0 Å². The number of carbonyl (C=O) groups excluding carboxylic acids is 2. The molecule has 1 atom stereocenters. The third-order valence-corrected chi connectivity index (χ3v) is 6.35. The molecule has 0 radical (unpaired) electrons. The van der Waals surface area contributed by atoms with Gasteiger partial charge < -0.3 is 15.4 Å². The highest BCUT2D eigenvalue weighted by molar-refractivity contribution is 7.92. The number of hydrogen-bond acceptors (Lipinski definition) is 5. The smallest absolute Gasteiger partial charge is 0.253 e. The van der Waals surface area contributed by atoms with Gasteiger partial charge in [-0.3, -0.25) is 13.9 Å². The lowest BCUT2D eigenvalue weighted by molar-refractivity contribution is -0.114. The van der Waals surface area contributed by atoms with Gasteiger partial charge in [0.25, 0.3) is 5.91 Å². The molecule has 0 fully saturated rings. The van der Waals surface area contributed by atoms with Crippen LogP contribution in [0.2, 0.25) is 0 Å². The molecule has 2 N–H and O–H groups in total. The lowest BCUT2D eigenvalue weighted by atomic mass is 10.1. The summed E-state index contributed by atoms with van der Waals surface area (Å²) in [5.74, 6) is -0.116. The first-order chi connectivity index (χ1) is 16.7. The molecule has 8 nitrogen and oxygen atoms in total. The Morgan fingerprint density at radius 2 is 1.57 bits per heavy atom. The van der Waals surface area contributed by atoms with E-state index in [4.69, 9.17) is 4.74 Å². The predicted octanol–water partition coefficient (Wildman–Crippen LogP) is 4.41. The number of sulfonamides is 1. The van der Waals surface area contributed by atoms with Crippen molar-refractivity contribution in [2.75, 3.05) is 22.4 Å². The fourth-order valence-electron chi connectivity index (χ4n) is 3.26. The Kier molecular flexibility index (Phi) is 8.48. The van der Waals surface area contributed by atoms with Crippen molar-refractivity contribution in [2.24, 2.45) is 0 Å². The maximum absolute atomic E-state index is 13.0. The van der Waals surface area contributed by atoms with Gasteiger partial charge in [-0.05, 0) is 49.7 Å². The number of carbonyl (C=O) groups is 2. The summed E-state index contributed by atoms with van der Waals surface area (Å²) in [4.78, 5) is 25.6. The van der Waals surface area contributed by atoms with E-state index in [1.165, 1.54) is 0 Å². The molecule has 3 aromatic carbocycles. The van der Waals surface area contributed by atoms with Gasteiger partial charge in [-0.1, -0.05) is 49.4 Å². The molecule has 2 amide bonds. The molecule has 0 aromatic heterocycles. The second kappa shape index (κ2) is 11.5. The number of amides is 2. The van der Waals surface area contributed by atoms with Crippen LogP contribution in [-0.2, 0) is 14.8 Å². The number of rotatable bonds is 10. The van der Waals surface area contributed by atoms with Crippen molar-refractivity contribution in [3.05, 3.63) is 84.4 Å². The van der Waals surface area contributed by atoms with Crippen molar-refractivity contribution < 1.29 is 22.7 Å². The van der Waals surface area contributed by atoms with Gasteiger partial charge in [-0.25, -0.2) is 8.42 Å². The van der Waals surface area contributed by atoms with Gasteiger partial charge in [-0.2, -0.15) is 0 Å². The van der Waals surface area contributed by atoms with E-state index in [-0.39, 0.29) is 23.4 Å². The normalized spacial score (nSPS) is 11.9. The van der Waals surface area contributed by atoms with Crippen LogP contribution in [0.1, 0.15) is 30.6 Å². The van der Waals surface area contributed by atoms with Crippen LogP contribution in [0.25, 0.3) is 0 Å². The van der Waals surface area contributed by atoms with E-state index < -0.39 is 22.5 Å². The largest absolute Gasteiger partial charge is 0.455 e. The summed E-state index contributed by atoms with van der Waals surface area (Å²) < 4.78 is 32.2. The van der Waals surface area contributed by atoms with Crippen LogP contribution in [0.15, 0.2) is 78.9 Å².